The number of anilines is 4. The van der Waals surface area contributed by atoms with Gasteiger partial charge in [0.1, 0.15) is 31.7 Å². The van der Waals surface area contributed by atoms with Gasteiger partial charge in [0.2, 0.25) is 11.6 Å². The number of para-hydroxylation sites is 2. The topological polar surface area (TPSA) is 238 Å². The molecule has 0 saturated heterocycles. The molecule has 19 heteroatoms. The molecule has 15 nitrogen and oxygen atoms in total. The first kappa shape index (κ1) is 43.1. The van der Waals surface area contributed by atoms with Gasteiger partial charge in [-0.3, -0.25) is 20.4 Å². The molecule has 264 valence electrons. The minimum absolute atomic E-state index is 0. The molecule has 4 N–H and O–H groups in total. The van der Waals surface area contributed by atoms with E-state index in [0.29, 0.717) is 11.4 Å². The number of allylic oxidation sites excluding steroid dienone is 2. The molecule has 4 aromatic rings. The standard InChI is InChI=1S/C35H28N6O9S2.K.Na/c1-19-7-3-5-9-27(19)38-40-31-29(51(45,46)47)17-21-15-23(11-13-25(21)33(31)42)36-35(44)37-24-12-14-26-22(16-24)18-30(52(48,49)50)32(34(26)43)41-39-28-10-6-4-8-20(28)2;;/h3-18,38-39H,1-2H3,(H2,36,37,44)(H,45,46,47)(H,48,49,50);;/q;2*+1/p-2. The van der Waals surface area contributed by atoms with Crippen molar-refractivity contribution in [2.75, 3.05) is 21.5 Å². The first-order chi connectivity index (χ1) is 24.6. The van der Waals surface area contributed by atoms with Gasteiger partial charge in [-0.1, -0.05) is 36.4 Å². The number of ketones is 2. The van der Waals surface area contributed by atoms with Gasteiger partial charge in [-0.2, -0.15) is 10.2 Å². The number of hydrazone groups is 2. The van der Waals surface area contributed by atoms with Crippen LogP contribution in [0.1, 0.15) is 43.0 Å². The van der Waals surface area contributed by atoms with Crippen LogP contribution in [0.5, 0.6) is 0 Å². The summed E-state index contributed by atoms with van der Waals surface area (Å²) in [5, 5.41) is 12.9. The molecule has 0 radical (unpaired) electrons. The summed E-state index contributed by atoms with van der Waals surface area (Å²) in [5.41, 5.74) is 6.89. The van der Waals surface area contributed by atoms with Gasteiger partial charge in [0, 0.05) is 22.5 Å². The zero-order chi connectivity index (χ0) is 37.4. The minimum atomic E-state index is -5.17. The number of hydrogen-bond acceptors (Lipinski definition) is 13. The SMILES string of the molecule is Cc1ccccc1NN=C1C(=O)c2ccc(NC(=O)Nc3ccc4c(c3)C=C(S(=O)(=O)[O-])C(=NNc3ccccc3C)C4=O)cc2C=C1S(=O)(=O)[O-].[K+].[Na+]. The van der Waals surface area contributed by atoms with E-state index in [2.05, 4.69) is 31.7 Å². The fourth-order valence-electron chi connectivity index (χ4n) is 5.35. The van der Waals surface area contributed by atoms with E-state index in [1.807, 2.05) is 0 Å². The van der Waals surface area contributed by atoms with Gasteiger partial charge >= 0.3 is 87.0 Å². The predicted octanol–water partition coefficient (Wildman–Crippen LogP) is -0.944. The van der Waals surface area contributed by atoms with E-state index < -0.39 is 59.1 Å². The van der Waals surface area contributed by atoms with Gasteiger partial charge in [0.15, 0.2) is 0 Å². The van der Waals surface area contributed by atoms with Crippen molar-refractivity contribution in [3.8, 4) is 0 Å². The van der Waals surface area contributed by atoms with E-state index in [1.54, 1.807) is 62.4 Å². The monoisotopic (exact) mass is 800 g/mol. The second-order valence-corrected chi connectivity index (χ2v) is 14.2. The number of hydrogen-bond donors (Lipinski definition) is 4. The van der Waals surface area contributed by atoms with E-state index in [-0.39, 0.29) is 115 Å². The number of aryl methyl sites for hydroxylation is 2. The van der Waals surface area contributed by atoms with Crippen molar-refractivity contribution in [1.29, 1.82) is 0 Å². The molecule has 54 heavy (non-hydrogen) atoms. The Morgan fingerprint density at radius 1 is 0.611 bits per heavy atom. The first-order valence-electron chi connectivity index (χ1n) is 15.2. The molecule has 0 aliphatic heterocycles. The van der Waals surface area contributed by atoms with Crippen molar-refractivity contribution in [1.82, 2.24) is 0 Å². The number of carbonyl (C=O) groups excluding carboxylic acids is 3. The first-order valence-corrected chi connectivity index (χ1v) is 18.0. The molecule has 0 bridgehead atoms. The van der Waals surface area contributed by atoms with Crippen LogP contribution in [0.25, 0.3) is 12.2 Å². The van der Waals surface area contributed by atoms with Crippen molar-refractivity contribution < 1.29 is 121 Å². The fraction of sp³-hybridized carbons (Fsp3) is 0.0571. The zero-order valence-corrected chi connectivity index (χ0v) is 35.9. The fourth-order valence-corrected chi connectivity index (χ4v) is 6.64. The Hall–Kier alpha value is -3.63. The number of amides is 2. The Balaban J connectivity index is 0.00000325. The van der Waals surface area contributed by atoms with Crippen LogP contribution in [-0.4, -0.2) is 55.0 Å². The van der Waals surface area contributed by atoms with Gasteiger partial charge < -0.3 is 19.7 Å². The summed E-state index contributed by atoms with van der Waals surface area (Å²) in [5.74, 6) is -1.67. The molecular formula is C35H26KN6NaO9S2. The van der Waals surface area contributed by atoms with Gasteiger partial charge in [-0.05, 0) is 96.8 Å². The molecule has 0 aromatic heterocycles. The summed E-state index contributed by atoms with van der Waals surface area (Å²) in [7, 11) is -10.3. The minimum Gasteiger partial charge on any atom is -0.744 e. The molecule has 0 fully saturated rings. The average molecular weight is 801 g/mol. The largest absolute Gasteiger partial charge is 1.00 e. The number of nitrogens with one attached hydrogen (secondary N) is 4. The second-order valence-electron chi connectivity index (χ2n) is 11.5. The van der Waals surface area contributed by atoms with E-state index >= 15 is 0 Å². The predicted molar refractivity (Wildman–Crippen MR) is 194 cm³/mol. The van der Waals surface area contributed by atoms with E-state index in [0.717, 1.165) is 23.3 Å². The molecule has 0 saturated carbocycles. The summed E-state index contributed by atoms with van der Waals surface area (Å²) in [6.45, 7) is 3.54. The molecule has 4 aromatic carbocycles. The van der Waals surface area contributed by atoms with Crippen LogP contribution in [0.4, 0.5) is 27.5 Å². The number of rotatable bonds is 8. The Morgan fingerprint density at radius 3 is 1.33 bits per heavy atom. The van der Waals surface area contributed by atoms with Crippen LogP contribution in [0, 0.1) is 13.8 Å². The van der Waals surface area contributed by atoms with Crippen LogP contribution in [0.2, 0.25) is 0 Å². The van der Waals surface area contributed by atoms with Gasteiger partial charge in [0.25, 0.3) is 0 Å². The molecule has 2 amide bonds. The van der Waals surface area contributed by atoms with Crippen molar-refractivity contribution >= 4 is 84.2 Å². The zero-order valence-electron chi connectivity index (χ0n) is 29.1. The summed E-state index contributed by atoms with van der Waals surface area (Å²) in [6.07, 6.45) is 1.98. The number of carbonyl (C=O) groups is 3. The molecule has 6 rings (SSSR count). The summed E-state index contributed by atoms with van der Waals surface area (Å²) >= 11 is 0. The van der Waals surface area contributed by atoms with Gasteiger partial charge in [-0.15, -0.1) is 0 Å². The van der Waals surface area contributed by atoms with Crippen LogP contribution in [0.3, 0.4) is 0 Å². The Morgan fingerprint density at radius 2 is 0.981 bits per heavy atom. The molecule has 0 heterocycles. The van der Waals surface area contributed by atoms with E-state index in [4.69, 9.17) is 0 Å². The Labute approximate surface area is 374 Å². The van der Waals surface area contributed by atoms with Crippen molar-refractivity contribution in [2.45, 2.75) is 13.8 Å². The van der Waals surface area contributed by atoms with Crippen molar-refractivity contribution in [2.24, 2.45) is 10.2 Å². The third kappa shape index (κ3) is 9.59. The Kier molecular flexibility index (Phi) is 13.9. The third-order valence-electron chi connectivity index (χ3n) is 7.98. The van der Waals surface area contributed by atoms with Gasteiger partial charge in [0.05, 0.1) is 21.2 Å². The van der Waals surface area contributed by atoms with Crippen molar-refractivity contribution in [3.05, 3.63) is 128 Å². The molecule has 2 aliphatic rings. The maximum absolute atomic E-state index is 13.3. The van der Waals surface area contributed by atoms with Crippen molar-refractivity contribution in [3.63, 3.8) is 0 Å². The summed E-state index contributed by atoms with van der Waals surface area (Å²) in [4.78, 5) is 37.9. The molecule has 2 aliphatic carbocycles. The smallest absolute Gasteiger partial charge is 0.744 e. The van der Waals surface area contributed by atoms with Crippen LogP contribution >= 0.6 is 0 Å². The molecule has 0 atom stereocenters. The molecular weight excluding hydrogens is 775 g/mol. The van der Waals surface area contributed by atoms with Gasteiger partial charge in [-0.25, -0.2) is 21.6 Å². The second kappa shape index (κ2) is 17.4. The molecule has 0 spiro atoms. The third-order valence-corrected chi connectivity index (χ3v) is 9.68. The average Bonchev–Trinajstić information content (AvgIpc) is 3.07. The van der Waals surface area contributed by atoms with Crippen LogP contribution < -0.4 is 102 Å². The van der Waals surface area contributed by atoms with E-state index in [9.17, 15) is 40.3 Å². The van der Waals surface area contributed by atoms with Crippen LogP contribution in [-0.2, 0) is 20.2 Å². The summed E-state index contributed by atoms with van der Waals surface area (Å²) < 4.78 is 73.0. The number of fused-ring (bicyclic) bond motifs is 2. The maximum Gasteiger partial charge on any atom is 1.00 e. The quantitative estimate of drug-likeness (QED) is 0.0964. The normalized spacial score (nSPS) is 15.1. The summed E-state index contributed by atoms with van der Waals surface area (Å²) in [6, 6.07) is 21.0. The van der Waals surface area contributed by atoms with E-state index in [1.165, 1.54) is 36.4 Å². The number of benzene rings is 4. The number of nitrogens with zero attached hydrogens (tertiary/aromatic N) is 2. The number of Topliss-reactive ketones (excluding diaryl/α,β-unsaturated/α-hetero) is 2. The molecule has 0 unspecified atom stereocenters. The Bertz CT molecular complexity index is 2400. The van der Waals surface area contributed by atoms with Crippen LogP contribution in [0.15, 0.2) is 105 Å². The number of urea groups is 1. The maximum atomic E-state index is 13.3.